The number of anilines is 1. The highest BCUT2D eigenvalue weighted by Gasteiger charge is 2.15. The fourth-order valence-electron chi connectivity index (χ4n) is 1.07. The van der Waals surface area contributed by atoms with Crippen LogP contribution in [0.4, 0.5) is 14.5 Å². The molecule has 84 valence electrons. The standard InChI is InChI=1S/C9H11F2NO2S/c1-2-6-15(13,14)12-9-7(10)4-3-5-8(9)11/h3-5,12H,2,6H2,1H3. The van der Waals surface area contributed by atoms with Gasteiger partial charge < -0.3 is 0 Å². The van der Waals surface area contributed by atoms with Crippen LogP contribution >= 0.6 is 0 Å². The lowest BCUT2D eigenvalue weighted by Crippen LogP contribution is -2.17. The highest BCUT2D eigenvalue weighted by molar-refractivity contribution is 7.92. The molecule has 1 rings (SSSR count). The van der Waals surface area contributed by atoms with Gasteiger partial charge in [0.15, 0.2) is 0 Å². The van der Waals surface area contributed by atoms with Gasteiger partial charge in [0.05, 0.1) is 5.75 Å². The van der Waals surface area contributed by atoms with Crippen LogP contribution in [0.25, 0.3) is 0 Å². The van der Waals surface area contributed by atoms with Crippen LogP contribution in [0.1, 0.15) is 13.3 Å². The summed E-state index contributed by atoms with van der Waals surface area (Å²) in [7, 11) is -3.66. The maximum Gasteiger partial charge on any atom is 0.232 e. The first-order valence-electron chi connectivity index (χ1n) is 4.41. The summed E-state index contributed by atoms with van der Waals surface area (Å²) in [5.74, 6) is -2.01. The van der Waals surface area contributed by atoms with Gasteiger partial charge in [-0.2, -0.15) is 0 Å². The zero-order valence-corrected chi connectivity index (χ0v) is 8.94. The van der Waals surface area contributed by atoms with Crippen LogP contribution in [0, 0.1) is 11.6 Å². The summed E-state index contributed by atoms with van der Waals surface area (Å²) in [4.78, 5) is 0. The second kappa shape index (κ2) is 4.57. The van der Waals surface area contributed by atoms with E-state index in [2.05, 4.69) is 0 Å². The topological polar surface area (TPSA) is 46.2 Å². The van der Waals surface area contributed by atoms with E-state index in [0.29, 0.717) is 6.42 Å². The lowest BCUT2D eigenvalue weighted by atomic mass is 10.3. The van der Waals surface area contributed by atoms with Crippen LogP contribution in [0.3, 0.4) is 0 Å². The maximum atomic E-state index is 13.1. The minimum absolute atomic E-state index is 0.166. The lowest BCUT2D eigenvalue weighted by Gasteiger charge is -2.08. The molecule has 0 bridgehead atoms. The fourth-order valence-corrected chi connectivity index (χ4v) is 2.22. The Balaban J connectivity index is 2.99. The Hall–Kier alpha value is -1.17. The average Bonchev–Trinajstić information content (AvgIpc) is 2.11. The van der Waals surface area contributed by atoms with Crippen molar-refractivity contribution in [1.82, 2.24) is 0 Å². The van der Waals surface area contributed by atoms with Crippen LogP contribution < -0.4 is 4.72 Å². The summed E-state index contributed by atoms with van der Waals surface area (Å²) in [6.07, 6.45) is 0.380. The number of halogens is 2. The number of nitrogens with one attached hydrogen (secondary N) is 1. The third-order valence-corrected chi connectivity index (χ3v) is 3.15. The highest BCUT2D eigenvalue weighted by Crippen LogP contribution is 2.19. The molecule has 15 heavy (non-hydrogen) atoms. The molecule has 6 heteroatoms. The Morgan fingerprint density at radius 1 is 1.27 bits per heavy atom. The number of sulfonamides is 1. The van der Waals surface area contributed by atoms with Gasteiger partial charge in [-0.25, -0.2) is 17.2 Å². The minimum Gasteiger partial charge on any atom is -0.278 e. The van der Waals surface area contributed by atoms with Crippen LogP contribution in [-0.4, -0.2) is 14.2 Å². The van der Waals surface area contributed by atoms with Crippen molar-refractivity contribution >= 4 is 15.7 Å². The Bertz CT molecular complexity index is 425. The van der Waals surface area contributed by atoms with E-state index < -0.39 is 27.3 Å². The maximum absolute atomic E-state index is 13.1. The van der Waals surface area contributed by atoms with Gasteiger partial charge >= 0.3 is 0 Å². The molecule has 1 aromatic rings. The molecular weight excluding hydrogens is 224 g/mol. The number of rotatable bonds is 4. The SMILES string of the molecule is CCCS(=O)(=O)Nc1c(F)cccc1F. The molecule has 0 saturated heterocycles. The zero-order valence-electron chi connectivity index (χ0n) is 8.13. The second-order valence-electron chi connectivity index (χ2n) is 3.02. The van der Waals surface area contributed by atoms with E-state index in [-0.39, 0.29) is 5.75 Å². The Kier molecular flexibility index (Phi) is 3.62. The molecule has 0 aliphatic heterocycles. The van der Waals surface area contributed by atoms with Gasteiger partial charge in [-0.3, -0.25) is 4.72 Å². The lowest BCUT2D eigenvalue weighted by molar-refractivity contribution is 0.582. The second-order valence-corrected chi connectivity index (χ2v) is 4.86. The van der Waals surface area contributed by atoms with E-state index in [1.54, 1.807) is 6.92 Å². The van der Waals surface area contributed by atoms with Crippen LogP contribution in [-0.2, 0) is 10.0 Å². The molecular formula is C9H11F2NO2S. The van der Waals surface area contributed by atoms with Crippen LogP contribution in [0.15, 0.2) is 18.2 Å². The summed E-state index contributed by atoms with van der Waals surface area (Å²) in [6, 6.07) is 3.15. The highest BCUT2D eigenvalue weighted by atomic mass is 32.2. The number of benzene rings is 1. The van der Waals surface area contributed by atoms with Crippen molar-refractivity contribution in [3.63, 3.8) is 0 Å². The molecule has 0 aliphatic rings. The van der Waals surface area contributed by atoms with Gasteiger partial charge in [-0.1, -0.05) is 13.0 Å². The van der Waals surface area contributed by atoms with E-state index in [1.807, 2.05) is 4.72 Å². The molecule has 0 radical (unpaired) electrons. The molecule has 0 unspecified atom stereocenters. The van der Waals surface area contributed by atoms with Crippen LogP contribution in [0.2, 0.25) is 0 Å². The summed E-state index contributed by atoms with van der Waals surface area (Å²) in [5.41, 5.74) is -0.619. The molecule has 0 fully saturated rings. The molecule has 0 saturated carbocycles. The fraction of sp³-hybridized carbons (Fsp3) is 0.333. The third-order valence-electron chi connectivity index (χ3n) is 1.69. The molecule has 0 atom stereocenters. The Morgan fingerprint density at radius 3 is 2.27 bits per heavy atom. The smallest absolute Gasteiger partial charge is 0.232 e. The molecule has 0 aliphatic carbocycles. The van der Waals surface area contributed by atoms with Gasteiger partial charge in [0, 0.05) is 0 Å². The molecule has 1 aromatic carbocycles. The van der Waals surface area contributed by atoms with Gasteiger partial charge in [0.25, 0.3) is 0 Å². The Morgan fingerprint density at radius 2 is 1.80 bits per heavy atom. The summed E-state index contributed by atoms with van der Waals surface area (Å²) < 4.78 is 50.5. The average molecular weight is 235 g/mol. The minimum atomic E-state index is -3.66. The van der Waals surface area contributed by atoms with E-state index >= 15 is 0 Å². The molecule has 1 N–H and O–H groups in total. The number of hydrogen-bond donors (Lipinski definition) is 1. The van der Waals surface area contributed by atoms with E-state index in [9.17, 15) is 17.2 Å². The quantitative estimate of drug-likeness (QED) is 0.868. The van der Waals surface area contributed by atoms with Gasteiger partial charge in [0.2, 0.25) is 10.0 Å². The first-order chi connectivity index (χ1) is 6.96. The molecule has 0 amide bonds. The number of hydrogen-bond acceptors (Lipinski definition) is 2. The van der Waals surface area contributed by atoms with Crippen molar-refractivity contribution in [3.05, 3.63) is 29.8 Å². The number of para-hydroxylation sites is 1. The monoisotopic (exact) mass is 235 g/mol. The van der Waals surface area contributed by atoms with E-state index in [4.69, 9.17) is 0 Å². The molecule has 0 spiro atoms. The normalized spacial score (nSPS) is 11.4. The van der Waals surface area contributed by atoms with Crippen molar-refractivity contribution in [1.29, 1.82) is 0 Å². The third kappa shape index (κ3) is 3.16. The summed E-state index contributed by atoms with van der Waals surface area (Å²) in [6.45, 7) is 1.66. The van der Waals surface area contributed by atoms with Crippen molar-refractivity contribution in [3.8, 4) is 0 Å². The Labute approximate surface area is 87.2 Å². The van der Waals surface area contributed by atoms with Crippen LogP contribution in [0.5, 0.6) is 0 Å². The van der Waals surface area contributed by atoms with Crippen molar-refractivity contribution < 1.29 is 17.2 Å². The first-order valence-corrected chi connectivity index (χ1v) is 6.06. The van der Waals surface area contributed by atoms with Gasteiger partial charge in [-0.15, -0.1) is 0 Å². The first kappa shape index (κ1) is 11.9. The van der Waals surface area contributed by atoms with Crippen molar-refractivity contribution in [2.24, 2.45) is 0 Å². The largest absolute Gasteiger partial charge is 0.278 e. The molecule has 3 nitrogen and oxygen atoms in total. The zero-order chi connectivity index (χ0) is 11.5. The summed E-state index contributed by atoms with van der Waals surface area (Å²) >= 11 is 0. The summed E-state index contributed by atoms with van der Waals surface area (Å²) in [5, 5.41) is 0. The van der Waals surface area contributed by atoms with Crippen molar-refractivity contribution in [2.45, 2.75) is 13.3 Å². The van der Waals surface area contributed by atoms with E-state index in [1.165, 1.54) is 6.07 Å². The molecule has 0 heterocycles. The molecule has 0 aromatic heterocycles. The van der Waals surface area contributed by atoms with Gasteiger partial charge in [0.1, 0.15) is 17.3 Å². The predicted octanol–water partition coefficient (Wildman–Crippen LogP) is 2.12. The van der Waals surface area contributed by atoms with Crippen molar-refractivity contribution in [2.75, 3.05) is 10.5 Å². The predicted molar refractivity (Wildman–Crippen MR) is 54.1 cm³/mol. The van der Waals surface area contributed by atoms with E-state index in [0.717, 1.165) is 12.1 Å². The van der Waals surface area contributed by atoms with Gasteiger partial charge in [-0.05, 0) is 18.6 Å².